The maximum absolute atomic E-state index is 12.9. The molecule has 3 rings (SSSR count). The average Bonchev–Trinajstić information content (AvgIpc) is 2.75. The van der Waals surface area contributed by atoms with Crippen molar-refractivity contribution in [1.29, 1.82) is 0 Å². The molecule has 0 aliphatic carbocycles. The van der Waals surface area contributed by atoms with Gasteiger partial charge in [-0.3, -0.25) is 5.43 Å². The van der Waals surface area contributed by atoms with Crippen LogP contribution in [0.25, 0.3) is 0 Å². The van der Waals surface area contributed by atoms with Crippen molar-refractivity contribution in [1.82, 2.24) is 5.43 Å². The van der Waals surface area contributed by atoms with Crippen molar-refractivity contribution in [3.63, 3.8) is 0 Å². The van der Waals surface area contributed by atoms with Crippen LogP contribution in [0.5, 0.6) is 0 Å². The van der Waals surface area contributed by atoms with E-state index < -0.39 is 17.8 Å². The second kappa shape index (κ2) is 10.3. The van der Waals surface area contributed by atoms with Gasteiger partial charge in [0.25, 0.3) is 0 Å². The minimum atomic E-state index is -4.49. The quantitative estimate of drug-likeness (QED) is 0.216. The van der Waals surface area contributed by atoms with Gasteiger partial charge in [0.15, 0.2) is 5.11 Å². The Hall–Kier alpha value is -2.65. The molecule has 0 saturated heterocycles. The van der Waals surface area contributed by atoms with Gasteiger partial charge in [-0.05, 0) is 65.3 Å². The molecular formula is C22H16Cl2F3N3OS. The van der Waals surface area contributed by atoms with Gasteiger partial charge in [-0.25, -0.2) is 0 Å². The lowest BCUT2D eigenvalue weighted by molar-refractivity contribution is -0.137. The van der Waals surface area contributed by atoms with Crippen molar-refractivity contribution >= 4 is 52.4 Å². The van der Waals surface area contributed by atoms with Crippen molar-refractivity contribution in [2.24, 2.45) is 5.10 Å². The van der Waals surface area contributed by atoms with Crippen molar-refractivity contribution in [3.8, 4) is 0 Å². The van der Waals surface area contributed by atoms with Crippen LogP contribution in [-0.4, -0.2) is 16.4 Å². The Morgan fingerprint density at radius 1 is 0.969 bits per heavy atom. The molecule has 3 aromatic rings. The summed E-state index contributed by atoms with van der Waals surface area (Å²) in [5, 5.41) is 18.5. The number of hydrogen-bond donors (Lipinski definition) is 3. The van der Waals surface area contributed by atoms with Gasteiger partial charge < -0.3 is 10.4 Å². The number of hydrazone groups is 1. The Labute approximate surface area is 197 Å². The van der Waals surface area contributed by atoms with Crippen LogP contribution in [-0.2, 0) is 6.18 Å². The van der Waals surface area contributed by atoms with Crippen molar-refractivity contribution in [2.45, 2.75) is 12.3 Å². The lowest BCUT2D eigenvalue weighted by Gasteiger charge is -2.14. The zero-order chi connectivity index (χ0) is 23.3. The highest BCUT2D eigenvalue weighted by atomic mass is 35.5. The van der Waals surface area contributed by atoms with E-state index in [1.165, 1.54) is 18.3 Å². The van der Waals surface area contributed by atoms with Gasteiger partial charge in [-0.15, -0.1) is 0 Å². The number of benzene rings is 3. The summed E-state index contributed by atoms with van der Waals surface area (Å²) in [6, 6.07) is 16.2. The Balaban J connectivity index is 1.66. The lowest BCUT2D eigenvalue weighted by atomic mass is 9.98. The number of rotatable bonds is 5. The highest BCUT2D eigenvalue weighted by Crippen LogP contribution is 2.32. The summed E-state index contributed by atoms with van der Waals surface area (Å²) in [5.41, 5.74) is 3.62. The van der Waals surface area contributed by atoms with E-state index in [1.807, 2.05) is 0 Å². The van der Waals surface area contributed by atoms with Crippen LogP contribution in [0.1, 0.15) is 28.4 Å². The number of thiocarbonyl (C=S) groups is 1. The molecule has 0 aliphatic rings. The third-order valence-electron chi connectivity index (χ3n) is 4.31. The Bertz CT molecular complexity index is 1160. The zero-order valence-electron chi connectivity index (χ0n) is 16.2. The summed E-state index contributed by atoms with van der Waals surface area (Å²) in [6.07, 6.45) is -4.25. The molecule has 3 N–H and O–H groups in total. The molecule has 32 heavy (non-hydrogen) atoms. The van der Waals surface area contributed by atoms with E-state index in [1.54, 1.807) is 42.5 Å². The third kappa shape index (κ3) is 6.43. The minimum absolute atomic E-state index is 0.138. The molecule has 0 amide bonds. The summed E-state index contributed by atoms with van der Waals surface area (Å²) < 4.78 is 38.8. The first-order valence-corrected chi connectivity index (χ1v) is 10.3. The Kier molecular flexibility index (Phi) is 7.73. The average molecular weight is 498 g/mol. The standard InChI is InChI=1S/C22H16Cl2F3N3OS/c23-18-8-7-17(11-19(18)24)29-21(32)30-28-12-13-3-1-4-14(9-13)20(31)15-5-2-6-16(10-15)22(25,26)27/h1-12,20,31H,(H2,29,30,32). The van der Waals surface area contributed by atoms with Crippen LogP contribution >= 0.6 is 35.4 Å². The van der Waals surface area contributed by atoms with E-state index in [4.69, 9.17) is 35.4 Å². The summed E-state index contributed by atoms with van der Waals surface area (Å²) in [5.74, 6) is 0. The van der Waals surface area contributed by atoms with Crippen LogP contribution in [0.4, 0.5) is 18.9 Å². The van der Waals surface area contributed by atoms with E-state index in [-0.39, 0.29) is 10.7 Å². The number of nitrogens with one attached hydrogen (secondary N) is 2. The van der Waals surface area contributed by atoms with E-state index in [9.17, 15) is 18.3 Å². The van der Waals surface area contributed by atoms with Crippen molar-refractivity contribution < 1.29 is 18.3 Å². The lowest BCUT2D eigenvalue weighted by Crippen LogP contribution is -2.23. The van der Waals surface area contributed by atoms with Gasteiger partial charge in [0.1, 0.15) is 6.10 Å². The first kappa shape index (κ1) is 24.0. The number of aliphatic hydroxyl groups is 1. The maximum atomic E-state index is 12.9. The Morgan fingerprint density at radius 3 is 2.34 bits per heavy atom. The normalized spacial score (nSPS) is 12.6. The number of nitrogens with zero attached hydrogens (tertiary/aromatic N) is 1. The number of halogens is 5. The van der Waals surface area contributed by atoms with Crippen LogP contribution in [0.2, 0.25) is 10.0 Å². The van der Waals surface area contributed by atoms with Gasteiger partial charge >= 0.3 is 6.18 Å². The van der Waals surface area contributed by atoms with Gasteiger partial charge in [0, 0.05) is 5.69 Å². The number of alkyl halides is 3. The van der Waals surface area contributed by atoms with E-state index >= 15 is 0 Å². The van der Waals surface area contributed by atoms with Crippen molar-refractivity contribution in [2.75, 3.05) is 5.32 Å². The Morgan fingerprint density at radius 2 is 1.66 bits per heavy atom. The molecule has 0 radical (unpaired) electrons. The maximum Gasteiger partial charge on any atom is 0.416 e. The van der Waals surface area contributed by atoms with E-state index in [0.29, 0.717) is 26.9 Å². The molecule has 166 valence electrons. The molecule has 0 bridgehead atoms. The highest BCUT2D eigenvalue weighted by Gasteiger charge is 2.31. The molecular weight excluding hydrogens is 482 g/mol. The van der Waals surface area contributed by atoms with Crippen molar-refractivity contribution in [3.05, 3.63) is 99.0 Å². The summed E-state index contributed by atoms with van der Waals surface area (Å²) >= 11 is 17.0. The predicted molar refractivity (Wildman–Crippen MR) is 125 cm³/mol. The van der Waals surface area contributed by atoms with Gasteiger partial charge in [0.05, 0.1) is 21.8 Å². The van der Waals surface area contributed by atoms with Crippen LogP contribution in [0.15, 0.2) is 71.8 Å². The molecule has 0 saturated carbocycles. The largest absolute Gasteiger partial charge is 0.416 e. The molecule has 0 heterocycles. The number of hydrogen-bond acceptors (Lipinski definition) is 3. The second-order valence-corrected chi connectivity index (χ2v) is 7.87. The van der Waals surface area contributed by atoms with Crippen LogP contribution in [0.3, 0.4) is 0 Å². The fourth-order valence-corrected chi connectivity index (χ4v) is 3.25. The topological polar surface area (TPSA) is 56.7 Å². The molecule has 0 spiro atoms. The SMILES string of the molecule is OC(c1cccc(C=NNC(=S)Nc2ccc(Cl)c(Cl)c2)c1)c1cccc(C(F)(F)F)c1. The first-order valence-electron chi connectivity index (χ1n) is 9.14. The number of anilines is 1. The number of aliphatic hydroxyl groups excluding tert-OH is 1. The summed E-state index contributed by atoms with van der Waals surface area (Å²) in [4.78, 5) is 0. The zero-order valence-corrected chi connectivity index (χ0v) is 18.5. The predicted octanol–water partition coefficient (Wildman–Crippen LogP) is 6.41. The molecule has 4 nitrogen and oxygen atoms in total. The summed E-state index contributed by atoms with van der Waals surface area (Å²) in [6.45, 7) is 0. The molecule has 0 aromatic heterocycles. The van der Waals surface area contributed by atoms with Crippen LogP contribution < -0.4 is 10.7 Å². The molecule has 1 atom stereocenters. The fraction of sp³-hybridized carbons (Fsp3) is 0.0909. The van der Waals surface area contributed by atoms with Gasteiger partial charge in [-0.2, -0.15) is 18.3 Å². The van der Waals surface area contributed by atoms with E-state index in [2.05, 4.69) is 15.8 Å². The molecule has 0 aliphatic heterocycles. The highest BCUT2D eigenvalue weighted by molar-refractivity contribution is 7.80. The molecule has 10 heteroatoms. The van der Waals surface area contributed by atoms with E-state index in [0.717, 1.165) is 12.1 Å². The van der Waals surface area contributed by atoms with Crippen LogP contribution in [0, 0.1) is 0 Å². The van der Waals surface area contributed by atoms with Gasteiger partial charge in [-0.1, -0.05) is 53.5 Å². The minimum Gasteiger partial charge on any atom is -0.384 e. The molecule has 3 aromatic carbocycles. The molecule has 0 fully saturated rings. The smallest absolute Gasteiger partial charge is 0.384 e. The first-order chi connectivity index (χ1) is 15.1. The fourth-order valence-electron chi connectivity index (χ4n) is 2.79. The monoisotopic (exact) mass is 497 g/mol. The molecule has 1 unspecified atom stereocenters. The summed E-state index contributed by atoms with van der Waals surface area (Å²) in [7, 11) is 0. The second-order valence-electron chi connectivity index (χ2n) is 6.65. The third-order valence-corrected chi connectivity index (χ3v) is 5.25. The van der Waals surface area contributed by atoms with Gasteiger partial charge in [0.2, 0.25) is 0 Å².